The number of nitrogens with one attached hydrogen (secondary N) is 1. The number of amides is 1. The predicted octanol–water partition coefficient (Wildman–Crippen LogP) is 0.431. The molecular weight excluding hydrogens is 312 g/mol. The van der Waals surface area contributed by atoms with Gasteiger partial charge in [0.2, 0.25) is 5.09 Å². The summed E-state index contributed by atoms with van der Waals surface area (Å²) in [6.45, 7) is 1.45. The monoisotopic (exact) mass is 330 g/mol. The minimum absolute atomic E-state index is 0.0207. The topological polar surface area (TPSA) is 117 Å². The third kappa shape index (κ3) is 3.14. The molecule has 2 N–H and O–H groups in total. The van der Waals surface area contributed by atoms with Crippen LogP contribution in [-0.4, -0.2) is 49.8 Å². The molecule has 1 aromatic heterocycles. The highest BCUT2D eigenvalue weighted by Crippen LogP contribution is 2.33. The minimum atomic E-state index is -3.79. The molecule has 1 fully saturated rings. The van der Waals surface area contributed by atoms with Crippen molar-refractivity contribution in [2.45, 2.75) is 30.9 Å². The lowest BCUT2D eigenvalue weighted by molar-refractivity contribution is -0.139. The minimum Gasteiger partial charge on any atom is -0.480 e. The van der Waals surface area contributed by atoms with Crippen LogP contribution in [0.4, 0.5) is 0 Å². The molecule has 0 bridgehead atoms. The maximum atomic E-state index is 12.2. The SMILES string of the molecule is Cc1oc(S(=O)(=O)N(C)C)cc1C(=O)NC(C(=O)O)C1CC1. The van der Waals surface area contributed by atoms with E-state index in [4.69, 9.17) is 9.52 Å². The van der Waals surface area contributed by atoms with E-state index in [0.29, 0.717) is 0 Å². The number of carbonyl (C=O) groups is 2. The van der Waals surface area contributed by atoms with Crippen LogP contribution in [0.3, 0.4) is 0 Å². The lowest BCUT2D eigenvalue weighted by atomic mass is 10.1. The van der Waals surface area contributed by atoms with Gasteiger partial charge in [-0.25, -0.2) is 17.5 Å². The molecule has 1 aliphatic carbocycles. The summed E-state index contributed by atoms with van der Waals surface area (Å²) in [5.41, 5.74) is 0.0207. The second kappa shape index (κ2) is 5.73. The van der Waals surface area contributed by atoms with Gasteiger partial charge in [-0.05, 0) is 25.7 Å². The second-order valence-corrected chi connectivity index (χ2v) is 7.53. The second-order valence-electron chi connectivity index (χ2n) is 5.45. The van der Waals surface area contributed by atoms with E-state index in [0.717, 1.165) is 23.2 Å². The van der Waals surface area contributed by atoms with Crippen LogP contribution in [0.1, 0.15) is 29.0 Å². The molecule has 1 atom stereocenters. The Morgan fingerprint density at radius 3 is 2.45 bits per heavy atom. The molecule has 0 spiro atoms. The van der Waals surface area contributed by atoms with Gasteiger partial charge in [-0.1, -0.05) is 0 Å². The Labute approximate surface area is 128 Å². The molecule has 1 aromatic rings. The van der Waals surface area contributed by atoms with Crippen molar-refractivity contribution in [2.75, 3.05) is 14.1 Å². The Balaban J connectivity index is 2.24. The van der Waals surface area contributed by atoms with E-state index in [9.17, 15) is 18.0 Å². The molecule has 0 radical (unpaired) electrons. The van der Waals surface area contributed by atoms with Crippen molar-refractivity contribution >= 4 is 21.9 Å². The molecule has 1 unspecified atom stereocenters. The fraction of sp³-hybridized carbons (Fsp3) is 0.538. The highest BCUT2D eigenvalue weighted by molar-refractivity contribution is 7.88. The molecule has 0 aliphatic heterocycles. The standard InChI is InChI=1S/C13H18N2O6S/c1-7-9(6-10(21-7)22(19,20)15(2)3)12(16)14-11(13(17)18)8-4-5-8/h6,8,11H,4-5H2,1-3H3,(H,14,16)(H,17,18). The predicted molar refractivity (Wildman–Crippen MR) is 75.9 cm³/mol. The fourth-order valence-electron chi connectivity index (χ4n) is 2.02. The van der Waals surface area contributed by atoms with Crippen molar-refractivity contribution < 1.29 is 27.5 Å². The van der Waals surface area contributed by atoms with E-state index >= 15 is 0 Å². The Hall–Kier alpha value is -1.87. The average Bonchev–Trinajstić information content (AvgIpc) is 3.16. The lowest BCUT2D eigenvalue weighted by Crippen LogP contribution is -2.42. The highest BCUT2D eigenvalue weighted by atomic mass is 32.2. The number of hydrogen-bond acceptors (Lipinski definition) is 5. The smallest absolute Gasteiger partial charge is 0.326 e. The summed E-state index contributed by atoms with van der Waals surface area (Å²) in [5, 5.41) is 11.2. The molecule has 1 aliphatic rings. The van der Waals surface area contributed by atoms with Gasteiger partial charge >= 0.3 is 5.97 Å². The first-order valence-corrected chi connectivity index (χ1v) is 8.15. The fourth-order valence-corrected chi connectivity index (χ4v) is 2.87. The third-order valence-electron chi connectivity index (χ3n) is 3.52. The Morgan fingerprint density at radius 2 is 2.00 bits per heavy atom. The van der Waals surface area contributed by atoms with Gasteiger partial charge in [-0.15, -0.1) is 0 Å². The maximum absolute atomic E-state index is 12.2. The van der Waals surface area contributed by atoms with Crippen LogP contribution in [-0.2, 0) is 14.8 Å². The number of sulfonamides is 1. The first-order chi connectivity index (χ1) is 10.1. The Bertz CT molecular complexity index is 702. The van der Waals surface area contributed by atoms with Crippen molar-refractivity contribution in [1.82, 2.24) is 9.62 Å². The van der Waals surface area contributed by atoms with Gasteiger partial charge in [-0.3, -0.25) is 4.79 Å². The average molecular weight is 330 g/mol. The molecule has 1 saturated carbocycles. The van der Waals surface area contributed by atoms with Crippen molar-refractivity contribution in [2.24, 2.45) is 5.92 Å². The summed E-state index contributed by atoms with van der Waals surface area (Å²) in [6, 6.07) is 0.155. The number of hydrogen-bond donors (Lipinski definition) is 2. The third-order valence-corrected chi connectivity index (χ3v) is 5.19. The van der Waals surface area contributed by atoms with Crippen LogP contribution in [0.5, 0.6) is 0 Å². The number of carbonyl (C=O) groups excluding carboxylic acids is 1. The van der Waals surface area contributed by atoms with Crippen molar-refractivity contribution in [1.29, 1.82) is 0 Å². The number of nitrogens with zero attached hydrogens (tertiary/aromatic N) is 1. The van der Waals surface area contributed by atoms with Crippen LogP contribution in [0.15, 0.2) is 15.6 Å². The van der Waals surface area contributed by atoms with E-state index in [1.165, 1.54) is 21.0 Å². The van der Waals surface area contributed by atoms with Crippen LogP contribution in [0.25, 0.3) is 0 Å². The van der Waals surface area contributed by atoms with Gasteiger partial charge in [-0.2, -0.15) is 0 Å². The molecule has 1 heterocycles. The quantitative estimate of drug-likeness (QED) is 0.781. The molecule has 122 valence electrons. The first-order valence-electron chi connectivity index (χ1n) is 6.71. The lowest BCUT2D eigenvalue weighted by Gasteiger charge is -2.12. The van der Waals surface area contributed by atoms with Crippen LogP contribution in [0.2, 0.25) is 0 Å². The Morgan fingerprint density at radius 1 is 1.41 bits per heavy atom. The van der Waals surface area contributed by atoms with Crippen LogP contribution >= 0.6 is 0 Å². The number of aryl methyl sites for hydroxylation is 1. The van der Waals surface area contributed by atoms with Gasteiger partial charge in [0, 0.05) is 20.2 Å². The molecule has 22 heavy (non-hydrogen) atoms. The molecule has 1 amide bonds. The van der Waals surface area contributed by atoms with Gasteiger partial charge in [0.05, 0.1) is 5.56 Å². The van der Waals surface area contributed by atoms with E-state index in [2.05, 4.69) is 5.32 Å². The Kier molecular flexibility index (Phi) is 4.30. The number of furan rings is 1. The molecule has 2 rings (SSSR count). The van der Waals surface area contributed by atoms with Gasteiger partial charge in [0.15, 0.2) is 0 Å². The van der Waals surface area contributed by atoms with Gasteiger partial charge < -0.3 is 14.8 Å². The van der Waals surface area contributed by atoms with E-state index in [1.807, 2.05) is 0 Å². The zero-order chi connectivity index (χ0) is 16.7. The number of aliphatic carboxylic acids is 1. The zero-order valence-electron chi connectivity index (χ0n) is 12.5. The van der Waals surface area contributed by atoms with E-state index < -0.39 is 27.9 Å². The number of rotatable bonds is 6. The summed E-state index contributed by atoms with van der Waals surface area (Å²) in [6.07, 6.45) is 1.50. The highest BCUT2D eigenvalue weighted by Gasteiger charge is 2.38. The van der Waals surface area contributed by atoms with E-state index in [1.54, 1.807) is 0 Å². The van der Waals surface area contributed by atoms with Gasteiger partial charge in [0.25, 0.3) is 15.9 Å². The first kappa shape index (κ1) is 16.5. The molecule has 8 nitrogen and oxygen atoms in total. The molecule has 0 saturated heterocycles. The summed E-state index contributed by atoms with van der Waals surface area (Å²) < 4.78 is 30.1. The van der Waals surface area contributed by atoms with Crippen molar-refractivity contribution in [3.8, 4) is 0 Å². The zero-order valence-corrected chi connectivity index (χ0v) is 13.3. The molecular formula is C13H18N2O6S. The largest absolute Gasteiger partial charge is 0.480 e. The normalized spacial score (nSPS) is 16.5. The van der Waals surface area contributed by atoms with Crippen molar-refractivity contribution in [3.63, 3.8) is 0 Å². The molecule has 0 aromatic carbocycles. The summed E-state index contributed by atoms with van der Waals surface area (Å²) >= 11 is 0. The number of carboxylic acid groups (broad SMARTS) is 1. The van der Waals surface area contributed by atoms with Crippen molar-refractivity contribution in [3.05, 3.63) is 17.4 Å². The van der Waals surface area contributed by atoms with E-state index in [-0.39, 0.29) is 22.3 Å². The summed E-state index contributed by atoms with van der Waals surface area (Å²) in [7, 11) is -1.10. The van der Waals surface area contributed by atoms with Gasteiger partial charge in [0.1, 0.15) is 11.8 Å². The van der Waals surface area contributed by atoms with Crippen LogP contribution in [0, 0.1) is 12.8 Å². The summed E-state index contributed by atoms with van der Waals surface area (Å²) in [5.74, 6) is -1.70. The van der Waals surface area contributed by atoms with Crippen LogP contribution < -0.4 is 5.32 Å². The molecule has 9 heteroatoms. The maximum Gasteiger partial charge on any atom is 0.326 e. The summed E-state index contributed by atoms with van der Waals surface area (Å²) in [4.78, 5) is 23.3. The number of carboxylic acids is 1.